The van der Waals surface area contributed by atoms with Crippen molar-refractivity contribution in [2.45, 2.75) is 6.10 Å². The first-order valence-corrected chi connectivity index (χ1v) is 8.45. The largest absolute Gasteiger partial charge is 0.491 e. The summed E-state index contributed by atoms with van der Waals surface area (Å²) in [6.07, 6.45) is 0.0385. The highest BCUT2D eigenvalue weighted by Crippen LogP contribution is 2.23. The second-order valence-electron chi connectivity index (χ2n) is 5.66. The summed E-state index contributed by atoms with van der Waals surface area (Å²) in [5.74, 6) is 0.0282. The van der Waals surface area contributed by atoms with Gasteiger partial charge in [-0.15, -0.1) is 0 Å². The van der Waals surface area contributed by atoms with Crippen LogP contribution in [0.25, 0.3) is 0 Å². The van der Waals surface area contributed by atoms with Crippen LogP contribution in [0.2, 0.25) is 0 Å². The Labute approximate surface area is 145 Å². The van der Waals surface area contributed by atoms with Crippen molar-refractivity contribution in [3.05, 3.63) is 28.7 Å². The smallest absolute Gasteiger partial charge is 0.317 e. The van der Waals surface area contributed by atoms with Gasteiger partial charge < -0.3 is 14.6 Å². The van der Waals surface area contributed by atoms with Gasteiger partial charge in [0, 0.05) is 26.2 Å². The molecule has 0 aliphatic carbocycles. The van der Waals surface area contributed by atoms with Gasteiger partial charge in [0.05, 0.1) is 23.7 Å². The van der Waals surface area contributed by atoms with Crippen LogP contribution in [0.4, 0.5) is 0 Å². The fraction of sp³-hybridized carbons (Fsp3) is 0.562. The topological polar surface area (TPSA) is 62.2 Å². The van der Waals surface area contributed by atoms with Crippen molar-refractivity contribution >= 4 is 21.9 Å². The molecular weight excluding hydrogens is 364 g/mol. The molecule has 0 saturated carbocycles. The molecule has 1 unspecified atom stereocenters. The van der Waals surface area contributed by atoms with Crippen molar-refractivity contribution in [1.82, 2.24) is 9.80 Å². The maximum atomic E-state index is 10.7. The predicted molar refractivity (Wildman–Crippen MR) is 90.9 cm³/mol. The molecule has 0 spiro atoms. The van der Waals surface area contributed by atoms with Crippen LogP contribution in [-0.2, 0) is 9.53 Å². The molecule has 1 N–H and O–H groups in total. The summed E-state index contributed by atoms with van der Waals surface area (Å²) >= 11 is 3.47. The monoisotopic (exact) mass is 386 g/mol. The molecule has 1 heterocycles. The second kappa shape index (κ2) is 9.22. The summed E-state index contributed by atoms with van der Waals surface area (Å²) in [4.78, 5) is 14.8. The lowest BCUT2D eigenvalue weighted by molar-refractivity contribution is -0.138. The molecule has 0 radical (unpaired) electrons. The highest BCUT2D eigenvalue weighted by molar-refractivity contribution is 9.10. The van der Waals surface area contributed by atoms with E-state index in [0.717, 1.165) is 29.9 Å². The molecule has 1 atom stereocenters. The van der Waals surface area contributed by atoms with Gasteiger partial charge in [0.1, 0.15) is 12.4 Å². The summed E-state index contributed by atoms with van der Waals surface area (Å²) in [5, 5.41) is 8.80. The standard InChI is InChI=1S/C16H23BrN2O4/c1-18(12-16(20)21)10-13-11-19(6-8-22-13)7-9-23-15-5-3-2-4-14(15)17/h2-5,13H,6-12H2,1H3,(H,20,21). The zero-order valence-corrected chi connectivity index (χ0v) is 14.9. The number of rotatable bonds is 8. The van der Waals surface area contributed by atoms with Gasteiger partial charge in [0.25, 0.3) is 0 Å². The minimum absolute atomic E-state index is 0.0327. The minimum Gasteiger partial charge on any atom is -0.491 e. The van der Waals surface area contributed by atoms with E-state index in [-0.39, 0.29) is 12.6 Å². The average molecular weight is 387 g/mol. The van der Waals surface area contributed by atoms with E-state index in [4.69, 9.17) is 14.6 Å². The molecular formula is C16H23BrN2O4. The van der Waals surface area contributed by atoms with Gasteiger partial charge in [-0.2, -0.15) is 0 Å². The van der Waals surface area contributed by atoms with E-state index < -0.39 is 5.97 Å². The number of hydrogen-bond acceptors (Lipinski definition) is 5. The number of para-hydroxylation sites is 1. The summed E-state index contributed by atoms with van der Waals surface area (Å²) in [7, 11) is 1.80. The van der Waals surface area contributed by atoms with Crippen molar-refractivity contribution < 1.29 is 19.4 Å². The quantitative estimate of drug-likeness (QED) is 0.731. The van der Waals surface area contributed by atoms with Gasteiger partial charge >= 0.3 is 5.97 Å². The maximum Gasteiger partial charge on any atom is 0.317 e. The van der Waals surface area contributed by atoms with E-state index in [1.807, 2.05) is 24.3 Å². The molecule has 7 heteroatoms. The Hall–Kier alpha value is -1.15. The number of likely N-dealkylation sites (N-methyl/N-ethyl adjacent to an activating group) is 1. The van der Waals surface area contributed by atoms with Crippen LogP contribution in [0.1, 0.15) is 0 Å². The molecule has 23 heavy (non-hydrogen) atoms. The SMILES string of the molecule is CN(CC(=O)O)CC1CN(CCOc2ccccc2Br)CCO1. The maximum absolute atomic E-state index is 10.7. The number of aliphatic carboxylic acids is 1. The zero-order chi connectivity index (χ0) is 16.7. The molecule has 1 saturated heterocycles. The number of benzene rings is 1. The van der Waals surface area contributed by atoms with Gasteiger partial charge in [0.2, 0.25) is 0 Å². The zero-order valence-electron chi connectivity index (χ0n) is 13.3. The molecule has 1 fully saturated rings. The summed E-state index contributed by atoms with van der Waals surface area (Å²) < 4.78 is 12.5. The first-order chi connectivity index (χ1) is 11.0. The first kappa shape index (κ1) is 18.2. The number of hydrogen-bond donors (Lipinski definition) is 1. The summed E-state index contributed by atoms with van der Waals surface area (Å²) in [5.41, 5.74) is 0. The molecule has 1 aromatic carbocycles. The highest BCUT2D eigenvalue weighted by Gasteiger charge is 2.22. The van der Waals surface area contributed by atoms with Gasteiger partial charge in [0.15, 0.2) is 0 Å². The number of carboxylic acids is 1. The third kappa shape index (κ3) is 6.47. The Balaban J connectivity index is 1.71. The Morgan fingerprint density at radius 1 is 1.52 bits per heavy atom. The van der Waals surface area contributed by atoms with E-state index in [1.165, 1.54) is 0 Å². The Morgan fingerprint density at radius 2 is 2.30 bits per heavy atom. The lowest BCUT2D eigenvalue weighted by Crippen LogP contribution is -2.48. The molecule has 1 aromatic rings. The third-order valence-corrected chi connectivity index (χ3v) is 4.30. The van der Waals surface area contributed by atoms with Crippen LogP contribution in [-0.4, -0.2) is 80.0 Å². The number of carbonyl (C=O) groups is 1. The van der Waals surface area contributed by atoms with E-state index in [9.17, 15) is 4.79 Å². The van der Waals surface area contributed by atoms with Crippen molar-refractivity contribution in [2.75, 3.05) is 53.0 Å². The van der Waals surface area contributed by atoms with Crippen LogP contribution >= 0.6 is 15.9 Å². The molecule has 128 valence electrons. The lowest BCUT2D eigenvalue weighted by atomic mass is 10.2. The van der Waals surface area contributed by atoms with Gasteiger partial charge in [-0.3, -0.25) is 14.6 Å². The molecule has 6 nitrogen and oxygen atoms in total. The van der Waals surface area contributed by atoms with E-state index >= 15 is 0 Å². The number of nitrogens with zero attached hydrogens (tertiary/aromatic N) is 2. The van der Waals surface area contributed by atoms with Gasteiger partial charge in [-0.1, -0.05) is 12.1 Å². The van der Waals surface area contributed by atoms with E-state index in [1.54, 1.807) is 11.9 Å². The highest BCUT2D eigenvalue weighted by atomic mass is 79.9. The molecule has 0 amide bonds. The normalized spacial score (nSPS) is 19.0. The lowest BCUT2D eigenvalue weighted by Gasteiger charge is -2.34. The Kier molecular flexibility index (Phi) is 7.29. The van der Waals surface area contributed by atoms with Gasteiger partial charge in [-0.25, -0.2) is 0 Å². The fourth-order valence-corrected chi connectivity index (χ4v) is 2.98. The van der Waals surface area contributed by atoms with E-state index in [0.29, 0.717) is 19.8 Å². The molecule has 1 aliphatic rings. The predicted octanol–water partition coefficient (Wildman–Crippen LogP) is 1.55. The molecule has 1 aliphatic heterocycles. The van der Waals surface area contributed by atoms with E-state index in [2.05, 4.69) is 20.8 Å². The van der Waals surface area contributed by atoms with Crippen molar-refractivity contribution in [3.63, 3.8) is 0 Å². The van der Waals surface area contributed by atoms with Crippen LogP contribution in [0.3, 0.4) is 0 Å². The average Bonchev–Trinajstić information content (AvgIpc) is 2.49. The second-order valence-corrected chi connectivity index (χ2v) is 6.52. The van der Waals surface area contributed by atoms with Crippen LogP contribution < -0.4 is 4.74 Å². The van der Waals surface area contributed by atoms with Crippen molar-refractivity contribution in [1.29, 1.82) is 0 Å². The summed E-state index contributed by atoms with van der Waals surface area (Å²) in [6.45, 7) is 4.42. The summed E-state index contributed by atoms with van der Waals surface area (Å²) in [6, 6.07) is 7.80. The number of ether oxygens (including phenoxy) is 2. The van der Waals surface area contributed by atoms with Crippen LogP contribution in [0.5, 0.6) is 5.75 Å². The van der Waals surface area contributed by atoms with Gasteiger partial charge in [-0.05, 0) is 35.1 Å². The van der Waals surface area contributed by atoms with Crippen LogP contribution in [0, 0.1) is 0 Å². The molecule has 2 rings (SSSR count). The van der Waals surface area contributed by atoms with Crippen molar-refractivity contribution in [2.24, 2.45) is 0 Å². The number of morpholine rings is 1. The first-order valence-electron chi connectivity index (χ1n) is 7.66. The Morgan fingerprint density at radius 3 is 3.04 bits per heavy atom. The molecule has 0 aromatic heterocycles. The minimum atomic E-state index is -0.818. The fourth-order valence-electron chi connectivity index (χ4n) is 2.58. The Bertz CT molecular complexity index is 515. The molecule has 0 bridgehead atoms. The van der Waals surface area contributed by atoms with Crippen molar-refractivity contribution in [3.8, 4) is 5.75 Å². The number of carboxylic acid groups (broad SMARTS) is 1. The van der Waals surface area contributed by atoms with Crippen LogP contribution in [0.15, 0.2) is 28.7 Å². The number of halogens is 1. The third-order valence-electron chi connectivity index (χ3n) is 3.65.